The number of rotatable bonds is 6. The largest absolute Gasteiger partial charge is 0.345 e. The average Bonchev–Trinajstić information content (AvgIpc) is 3.05. The number of carbonyl (C=O) groups excluding carboxylic acids is 1. The lowest BCUT2D eigenvalue weighted by atomic mass is 9.86. The number of benzene rings is 2. The summed E-state index contributed by atoms with van der Waals surface area (Å²) in [5.74, 6) is 0.965. The van der Waals surface area contributed by atoms with Crippen LogP contribution in [0.25, 0.3) is 0 Å². The predicted octanol–water partition coefficient (Wildman–Crippen LogP) is 4.21. The van der Waals surface area contributed by atoms with Crippen molar-refractivity contribution in [1.29, 1.82) is 0 Å². The van der Waals surface area contributed by atoms with Crippen LogP contribution in [-0.4, -0.2) is 27.8 Å². The predicted molar refractivity (Wildman–Crippen MR) is 104 cm³/mol. The number of aryl methyl sites for hydroxylation is 2. The quantitative estimate of drug-likeness (QED) is 0.726. The second kappa shape index (κ2) is 8.00. The summed E-state index contributed by atoms with van der Waals surface area (Å²) in [5, 5.41) is 0. The Balaban J connectivity index is 1.81. The molecule has 0 spiro atoms. The molecule has 0 aliphatic rings. The van der Waals surface area contributed by atoms with E-state index < -0.39 is 0 Å². The van der Waals surface area contributed by atoms with Crippen molar-refractivity contribution < 1.29 is 4.79 Å². The van der Waals surface area contributed by atoms with Gasteiger partial charge in [-0.25, -0.2) is 4.98 Å². The van der Waals surface area contributed by atoms with Crippen LogP contribution < -0.4 is 0 Å². The standard InChI is InChI=1S/C22H25N3O/c1-16-9-7-8-12-19(16)20(18-10-5-4-6-11-18)13-22(26)25(3)15-21-23-14-17(2)24-21/h4-12,14,20H,13,15H2,1-3H3,(H,23,24)/t20-/m0/s1. The molecule has 1 heterocycles. The second-order valence-electron chi connectivity index (χ2n) is 6.79. The minimum Gasteiger partial charge on any atom is -0.345 e. The number of hydrogen-bond donors (Lipinski definition) is 1. The molecule has 0 bridgehead atoms. The molecular weight excluding hydrogens is 322 g/mol. The van der Waals surface area contributed by atoms with Gasteiger partial charge in [-0.2, -0.15) is 0 Å². The lowest BCUT2D eigenvalue weighted by Crippen LogP contribution is -2.28. The van der Waals surface area contributed by atoms with Gasteiger partial charge in [-0.1, -0.05) is 54.6 Å². The number of aromatic amines is 1. The van der Waals surface area contributed by atoms with Gasteiger partial charge in [0.2, 0.25) is 5.91 Å². The highest BCUT2D eigenvalue weighted by Crippen LogP contribution is 2.30. The molecule has 1 aromatic heterocycles. The number of hydrogen-bond acceptors (Lipinski definition) is 2. The number of carbonyl (C=O) groups is 1. The van der Waals surface area contributed by atoms with Crippen LogP contribution >= 0.6 is 0 Å². The molecule has 0 saturated heterocycles. The zero-order valence-electron chi connectivity index (χ0n) is 15.6. The Hall–Kier alpha value is -2.88. The first kappa shape index (κ1) is 17.9. The van der Waals surface area contributed by atoms with Crippen molar-refractivity contribution in [1.82, 2.24) is 14.9 Å². The van der Waals surface area contributed by atoms with Gasteiger partial charge in [0.15, 0.2) is 0 Å². The van der Waals surface area contributed by atoms with Gasteiger partial charge in [0.25, 0.3) is 0 Å². The van der Waals surface area contributed by atoms with Gasteiger partial charge in [0, 0.05) is 31.3 Å². The number of aromatic nitrogens is 2. The lowest BCUT2D eigenvalue weighted by molar-refractivity contribution is -0.130. The maximum atomic E-state index is 12.9. The molecule has 3 rings (SSSR count). The van der Waals surface area contributed by atoms with Crippen LogP contribution in [0.1, 0.15) is 40.5 Å². The van der Waals surface area contributed by atoms with Crippen molar-refractivity contribution in [2.45, 2.75) is 32.7 Å². The summed E-state index contributed by atoms with van der Waals surface area (Å²) in [6.07, 6.45) is 2.22. The molecule has 1 amide bonds. The van der Waals surface area contributed by atoms with E-state index in [0.717, 1.165) is 17.1 Å². The first-order valence-electron chi connectivity index (χ1n) is 8.89. The summed E-state index contributed by atoms with van der Waals surface area (Å²) in [5.41, 5.74) is 4.58. The van der Waals surface area contributed by atoms with E-state index in [1.807, 2.05) is 44.3 Å². The van der Waals surface area contributed by atoms with Crippen molar-refractivity contribution in [3.63, 3.8) is 0 Å². The number of H-pyrrole nitrogens is 1. The molecular formula is C22H25N3O. The second-order valence-corrected chi connectivity index (χ2v) is 6.79. The van der Waals surface area contributed by atoms with Crippen molar-refractivity contribution in [2.24, 2.45) is 0 Å². The van der Waals surface area contributed by atoms with Crippen molar-refractivity contribution in [2.75, 3.05) is 7.05 Å². The van der Waals surface area contributed by atoms with Gasteiger partial charge in [-0.05, 0) is 30.5 Å². The fourth-order valence-corrected chi connectivity index (χ4v) is 3.26. The summed E-state index contributed by atoms with van der Waals surface area (Å²) in [6, 6.07) is 18.6. The van der Waals surface area contributed by atoms with Gasteiger partial charge >= 0.3 is 0 Å². The molecule has 134 valence electrons. The molecule has 0 aliphatic heterocycles. The summed E-state index contributed by atoms with van der Waals surface area (Å²) in [6.45, 7) is 4.55. The zero-order chi connectivity index (χ0) is 18.5. The summed E-state index contributed by atoms with van der Waals surface area (Å²) < 4.78 is 0. The van der Waals surface area contributed by atoms with Crippen molar-refractivity contribution in [3.05, 3.63) is 89.0 Å². The van der Waals surface area contributed by atoms with Crippen LogP contribution in [0, 0.1) is 13.8 Å². The van der Waals surface area contributed by atoms with Crippen LogP contribution in [0.15, 0.2) is 60.8 Å². The fraction of sp³-hybridized carbons (Fsp3) is 0.273. The Labute approximate surface area is 154 Å². The molecule has 0 fully saturated rings. The third kappa shape index (κ3) is 4.20. The number of amides is 1. The van der Waals surface area contributed by atoms with Crippen LogP contribution in [0.3, 0.4) is 0 Å². The topological polar surface area (TPSA) is 49.0 Å². The lowest BCUT2D eigenvalue weighted by Gasteiger charge is -2.23. The smallest absolute Gasteiger partial charge is 0.223 e. The highest BCUT2D eigenvalue weighted by atomic mass is 16.2. The third-order valence-electron chi connectivity index (χ3n) is 4.71. The van der Waals surface area contributed by atoms with Gasteiger partial charge < -0.3 is 9.88 Å². The van der Waals surface area contributed by atoms with E-state index >= 15 is 0 Å². The molecule has 0 radical (unpaired) electrons. The highest BCUT2D eigenvalue weighted by molar-refractivity contribution is 5.77. The van der Waals surface area contributed by atoms with Gasteiger partial charge in [0.05, 0.1) is 6.54 Å². The van der Waals surface area contributed by atoms with E-state index in [1.54, 1.807) is 11.1 Å². The number of nitrogens with zero attached hydrogens (tertiary/aromatic N) is 2. The molecule has 1 atom stereocenters. The Morgan fingerprint density at radius 2 is 1.77 bits per heavy atom. The maximum Gasteiger partial charge on any atom is 0.223 e. The SMILES string of the molecule is Cc1cnc(CN(C)C(=O)C[C@@H](c2ccccc2)c2ccccc2C)[nH]1. The molecule has 0 aliphatic carbocycles. The van der Waals surface area contributed by atoms with Crippen LogP contribution in [0.5, 0.6) is 0 Å². The monoisotopic (exact) mass is 347 g/mol. The molecule has 0 saturated carbocycles. The van der Waals surface area contributed by atoms with Crippen LogP contribution in [-0.2, 0) is 11.3 Å². The molecule has 1 N–H and O–H groups in total. The highest BCUT2D eigenvalue weighted by Gasteiger charge is 2.22. The molecule has 0 unspecified atom stereocenters. The zero-order valence-corrected chi connectivity index (χ0v) is 15.6. The number of imidazole rings is 1. The minimum atomic E-state index is 0.0469. The van der Waals surface area contributed by atoms with Gasteiger partial charge in [0.1, 0.15) is 5.82 Å². The van der Waals surface area contributed by atoms with E-state index in [4.69, 9.17) is 0 Å². The van der Waals surface area contributed by atoms with E-state index in [2.05, 4.69) is 41.2 Å². The molecule has 4 heteroatoms. The molecule has 3 aromatic rings. The van der Waals surface area contributed by atoms with Gasteiger partial charge in [-0.3, -0.25) is 4.79 Å². The van der Waals surface area contributed by atoms with Gasteiger partial charge in [-0.15, -0.1) is 0 Å². The van der Waals surface area contributed by atoms with Crippen molar-refractivity contribution >= 4 is 5.91 Å². The maximum absolute atomic E-state index is 12.9. The molecule has 4 nitrogen and oxygen atoms in total. The first-order valence-corrected chi connectivity index (χ1v) is 8.89. The van der Waals surface area contributed by atoms with Crippen molar-refractivity contribution in [3.8, 4) is 0 Å². The number of nitrogens with one attached hydrogen (secondary N) is 1. The Kier molecular flexibility index (Phi) is 5.52. The van der Waals surface area contributed by atoms with E-state index in [-0.39, 0.29) is 11.8 Å². The molecule has 2 aromatic carbocycles. The summed E-state index contributed by atoms with van der Waals surface area (Å²) in [7, 11) is 1.83. The normalized spacial score (nSPS) is 12.0. The Bertz CT molecular complexity index is 870. The fourth-order valence-electron chi connectivity index (χ4n) is 3.26. The average molecular weight is 347 g/mol. The van der Waals surface area contributed by atoms with Crippen LogP contribution in [0.2, 0.25) is 0 Å². The van der Waals surface area contributed by atoms with E-state index in [9.17, 15) is 4.79 Å². The Morgan fingerprint density at radius 1 is 1.08 bits per heavy atom. The summed E-state index contributed by atoms with van der Waals surface area (Å²) in [4.78, 5) is 22.1. The van der Waals surface area contributed by atoms with E-state index in [1.165, 1.54) is 11.1 Å². The molecule has 26 heavy (non-hydrogen) atoms. The van der Waals surface area contributed by atoms with E-state index in [0.29, 0.717) is 13.0 Å². The Morgan fingerprint density at radius 3 is 2.42 bits per heavy atom. The summed E-state index contributed by atoms with van der Waals surface area (Å²) >= 11 is 0. The third-order valence-corrected chi connectivity index (χ3v) is 4.71. The first-order chi connectivity index (χ1) is 12.5. The minimum absolute atomic E-state index is 0.0469. The van der Waals surface area contributed by atoms with Crippen LogP contribution in [0.4, 0.5) is 0 Å².